The van der Waals surface area contributed by atoms with Crippen molar-refractivity contribution in [3.05, 3.63) is 54.4 Å². The van der Waals surface area contributed by atoms with Crippen molar-refractivity contribution in [1.29, 1.82) is 0 Å². The number of aryl methyl sites for hydroxylation is 2. The summed E-state index contributed by atoms with van der Waals surface area (Å²) in [6.45, 7) is 4.09. The Balaban J connectivity index is 1.56. The summed E-state index contributed by atoms with van der Waals surface area (Å²) in [6, 6.07) is 12.6. The Morgan fingerprint density at radius 2 is 1.68 bits per heavy atom. The Labute approximate surface area is 116 Å². The lowest BCUT2D eigenvalue weighted by molar-refractivity contribution is 0.304. The summed E-state index contributed by atoms with van der Waals surface area (Å²) < 4.78 is 7.96. The third kappa shape index (κ3) is 4.82. The summed E-state index contributed by atoms with van der Waals surface area (Å²) in [4.78, 5) is 0. The van der Waals surface area contributed by atoms with Crippen LogP contribution in [0.15, 0.2) is 48.8 Å². The van der Waals surface area contributed by atoms with Crippen molar-refractivity contribution in [3.8, 4) is 5.75 Å². The number of nitrogens with zero attached hydrogens (tertiary/aromatic N) is 1. The van der Waals surface area contributed by atoms with Gasteiger partial charge in [0.05, 0.1) is 6.61 Å². The Hall–Kier alpha value is -1.70. The Morgan fingerprint density at radius 3 is 2.37 bits per heavy atom. The predicted octanol–water partition coefficient (Wildman–Crippen LogP) is 4.30. The minimum absolute atomic E-state index is 0.817. The Morgan fingerprint density at radius 1 is 0.947 bits per heavy atom. The molecule has 0 unspecified atom stereocenters. The van der Waals surface area contributed by atoms with Gasteiger partial charge in [0, 0.05) is 18.9 Å². The third-order valence-electron chi connectivity index (χ3n) is 3.33. The van der Waals surface area contributed by atoms with Gasteiger partial charge in [0.25, 0.3) is 0 Å². The molecule has 0 aliphatic carbocycles. The first-order valence-corrected chi connectivity index (χ1v) is 7.21. The molecule has 0 spiro atoms. The molecule has 0 saturated heterocycles. The molecule has 2 heteroatoms. The van der Waals surface area contributed by atoms with Crippen LogP contribution in [0.25, 0.3) is 0 Å². The van der Waals surface area contributed by atoms with E-state index in [4.69, 9.17) is 4.74 Å². The highest BCUT2D eigenvalue weighted by molar-refractivity contribution is 5.27. The molecule has 1 aromatic carbocycles. The van der Waals surface area contributed by atoms with E-state index in [1.54, 1.807) is 0 Å². The van der Waals surface area contributed by atoms with Gasteiger partial charge >= 0.3 is 0 Å². The van der Waals surface area contributed by atoms with E-state index in [-0.39, 0.29) is 0 Å². The van der Waals surface area contributed by atoms with Gasteiger partial charge in [-0.3, -0.25) is 0 Å². The van der Waals surface area contributed by atoms with Crippen molar-refractivity contribution in [3.63, 3.8) is 0 Å². The van der Waals surface area contributed by atoms with Gasteiger partial charge in [-0.15, -0.1) is 0 Å². The fraction of sp³-hybridized carbons (Fsp3) is 0.412. The molecule has 0 fully saturated rings. The summed E-state index contributed by atoms with van der Waals surface area (Å²) in [6.07, 6.45) is 8.87. The van der Waals surface area contributed by atoms with Gasteiger partial charge in [-0.05, 0) is 55.5 Å². The molecule has 0 N–H and O–H groups in total. The van der Waals surface area contributed by atoms with Crippen molar-refractivity contribution < 1.29 is 4.74 Å². The van der Waals surface area contributed by atoms with Crippen molar-refractivity contribution >= 4 is 0 Å². The molecule has 0 radical (unpaired) electrons. The smallest absolute Gasteiger partial charge is 0.119 e. The van der Waals surface area contributed by atoms with Crippen LogP contribution in [0.3, 0.4) is 0 Å². The number of hydrogen-bond acceptors (Lipinski definition) is 1. The number of aromatic nitrogens is 1. The SMILES string of the molecule is CCc1ccc(OCCCCCn2cccc2)cc1. The second kappa shape index (κ2) is 7.67. The van der Waals surface area contributed by atoms with Gasteiger partial charge in [0.15, 0.2) is 0 Å². The van der Waals surface area contributed by atoms with Gasteiger partial charge in [-0.25, -0.2) is 0 Å². The fourth-order valence-corrected chi connectivity index (χ4v) is 2.10. The Kier molecular flexibility index (Phi) is 5.54. The molecule has 2 nitrogen and oxygen atoms in total. The molecule has 102 valence electrons. The molecule has 0 amide bonds. The zero-order valence-electron chi connectivity index (χ0n) is 11.7. The van der Waals surface area contributed by atoms with Crippen LogP contribution in [0.2, 0.25) is 0 Å². The lowest BCUT2D eigenvalue weighted by Crippen LogP contribution is -1.99. The highest BCUT2D eigenvalue weighted by Crippen LogP contribution is 2.13. The first-order chi connectivity index (χ1) is 9.38. The normalized spacial score (nSPS) is 10.6. The van der Waals surface area contributed by atoms with E-state index >= 15 is 0 Å². The number of hydrogen-bond donors (Lipinski definition) is 0. The highest BCUT2D eigenvalue weighted by Gasteiger charge is 1.95. The summed E-state index contributed by atoms with van der Waals surface area (Å²) in [5.74, 6) is 0.989. The van der Waals surface area contributed by atoms with Crippen molar-refractivity contribution in [1.82, 2.24) is 4.57 Å². The number of rotatable bonds is 8. The second-order valence-corrected chi connectivity index (χ2v) is 4.83. The molecule has 0 saturated carbocycles. The lowest BCUT2D eigenvalue weighted by Gasteiger charge is -2.07. The van der Waals surface area contributed by atoms with Crippen LogP contribution in [-0.4, -0.2) is 11.2 Å². The molecule has 1 heterocycles. The molecule has 1 aromatic heterocycles. The maximum absolute atomic E-state index is 5.74. The molecule has 0 bridgehead atoms. The molecular formula is C17H23NO. The topological polar surface area (TPSA) is 14.2 Å². The number of unbranched alkanes of at least 4 members (excludes halogenated alkanes) is 2. The van der Waals surface area contributed by atoms with E-state index in [0.717, 1.165) is 31.7 Å². The molecule has 2 aromatic rings. The van der Waals surface area contributed by atoms with E-state index in [1.165, 1.54) is 18.4 Å². The van der Waals surface area contributed by atoms with Gasteiger partial charge in [0.1, 0.15) is 5.75 Å². The third-order valence-corrected chi connectivity index (χ3v) is 3.33. The maximum atomic E-state index is 5.74. The number of benzene rings is 1. The van der Waals surface area contributed by atoms with Gasteiger partial charge < -0.3 is 9.30 Å². The van der Waals surface area contributed by atoms with Crippen LogP contribution in [0.1, 0.15) is 31.7 Å². The first kappa shape index (κ1) is 13.7. The van der Waals surface area contributed by atoms with Crippen molar-refractivity contribution in [2.24, 2.45) is 0 Å². The zero-order chi connectivity index (χ0) is 13.3. The van der Waals surface area contributed by atoms with Crippen LogP contribution >= 0.6 is 0 Å². The van der Waals surface area contributed by atoms with Crippen LogP contribution in [0.5, 0.6) is 5.75 Å². The molecule has 0 aliphatic rings. The van der Waals surface area contributed by atoms with Crippen molar-refractivity contribution in [2.75, 3.05) is 6.61 Å². The number of ether oxygens (including phenoxy) is 1. The van der Waals surface area contributed by atoms with E-state index in [9.17, 15) is 0 Å². The van der Waals surface area contributed by atoms with Crippen LogP contribution in [0, 0.1) is 0 Å². The minimum atomic E-state index is 0.817. The van der Waals surface area contributed by atoms with Gasteiger partial charge in [0.2, 0.25) is 0 Å². The molecule has 0 atom stereocenters. The Bertz CT molecular complexity index is 445. The fourth-order valence-electron chi connectivity index (χ4n) is 2.10. The van der Waals surface area contributed by atoms with E-state index in [1.807, 2.05) is 0 Å². The van der Waals surface area contributed by atoms with Gasteiger partial charge in [-0.1, -0.05) is 19.1 Å². The van der Waals surface area contributed by atoms with Crippen LogP contribution < -0.4 is 4.74 Å². The summed E-state index contributed by atoms with van der Waals surface area (Å²) in [5, 5.41) is 0. The molecular weight excluding hydrogens is 234 g/mol. The van der Waals surface area contributed by atoms with Crippen molar-refractivity contribution in [2.45, 2.75) is 39.2 Å². The summed E-state index contributed by atoms with van der Waals surface area (Å²) in [7, 11) is 0. The predicted molar refractivity (Wildman–Crippen MR) is 79.6 cm³/mol. The quantitative estimate of drug-likeness (QED) is 0.643. The maximum Gasteiger partial charge on any atom is 0.119 e. The highest BCUT2D eigenvalue weighted by atomic mass is 16.5. The van der Waals surface area contributed by atoms with Crippen LogP contribution in [-0.2, 0) is 13.0 Å². The van der Waals surface area contributed by atoms with E-state index in [2.05, 4.69) is 60.3 Å². The van der Waals surface area contributed by atoms with Gasteiger partial charge in [-0.2, -0.15) is 0 Å². The zero-order valence-corrected chi connectivity index (χ0v) is 11.7. The monoisotopic (exact) mass is 257 g/mol. The minimum Gasteiger partial charge on any atom is -0.494 e. The summed E-state index contributed by atoms with van der Waals surface area (Å²) >= 11 is 0. The van der Waals surface area contributed by atoms with E-state index in [0.29, 0.717) is 0 Å². The lowest BCUT2D eigenvalue weighted by atomic mass is 10.2. The average molecular weight is 257 g/mol. The first-order valence-electron chi connectivity index (χ1n) is 7.21. The molecule has 2 rings (SSSR count). The average Bonchev–Trinajstić information content (AvgIpc) is 2.96. The summed E-state index contributed by atoms with van der Waals surface area (Å²) in [5.41, 5.74) is 1.36. The second-order valence-electron chi connectivity index (χ2n) is 4.83. The molecule has 0 aliphatic heterocycles. The molecule has 19 heavy (non-hydrogen) atoms. The van der Waals surface area contributed by atoms with Crippen LogP contribution in [0.4, 0.5) is 0 Å². The van der Waals surface area contributed by atoms with E-state index < -0.39 is 0 Å². The standard InChI is InChI=1S/C17H23NO/c1-2-16-8-10-17(11-9-16)19-15-7-3-4-12-18-13-5-6-14-18/h5-6,8-11,13-14H,2-4,7,12,15H2,1H3. The largest absolute Gasteiger partial charge is 0.494 e.